The Morgan fingerprint density at radius 3 is 1.56 bits per heavy atom. The van der Waals surface area contributed by atoms with Gasteiger partial charge in [-0.2, -0.15) is 0 Å². The molecule has 88 heavy (non-hydrogen) atoms. The van der Waals surface area contributed by atoms with Gasteiger partial charge in [0.1, 0.15) is 17.0 Å². The number of fused-ring (bicyclic) bond motifs is 5. The zero-order chi connectivity index (χ0) is 57.1. The quantitative estimate of drug-likeness (QED) is 0.0799. The van der Waals surface area contributed by atoms with E-state index >= 15 is 9.59 Å². The second-order valence-electron chi connectivity index (χ2n) is 31.2. The minimum Gasteiger partial charge on any atom is -0.465 e. The van der Waals surface area contributed by atoms with Crippen LogP contribution in [0.3, 0.4) is 0 Å². The standard InChI is InChI=1S/C64H90O16.8CH4/c1-34-40-21-41(42-28-75-50(67)45(40)42)46(34)56(3,4)29-59(9,52(69)79-63-24-36-19-38(26-63)48(65)39(20-36)27-63)57(5,6)30-60(10,58(7,8)47-35(2)49(66)78-51(47)68)53(70)80-64-25-37-22-61(32-64,54(71)76-43-15-11-13-17-73-43)31-62(23-37,33-64)55(72)77-44-16-12-14-18-74-44;;;;;;;;/h34-47H,11-33H2,1-10H3;8*1H4. The van der Waals surface area contributed by atoms with Crippen molar-refractivity contribution < 1.29 is 76.3 Å². The van der Waals surface area contributed by atoms with Crippen molar-refractivity contribution in [3.63, 3.8) is 0 Å². The fourth-order valence-corrected chi connectivity index (χ4v) is 21.5. The molecule has 10 saturated carbocycles. The number of carbonyl (C=O) groups excluding carboxylic acids is 8. The van der Waals surface area contributed by atoms with Crippen LogP contribution in [0.2, 0.25) is 0 Å². The van der Waals surface area contributed by atoms with E-state index in [9.17, 15) is 28.8 Å². The second kappa shape index (κ2) is 25.9. The normalized spacial score (nSPS) is 40.0. The van der Waals surface area contributed by atoms with E-state index in [1.54, 1.807) is 13.8 Å². The van der Waals surface area contributed by atoms with Crippen LogP contribution in [0, 0.1) is 109 Å². The van der Waals surface area contributed by atoms with E-state index in [-0.39, 0.29) is 162 Å². The highest BCUT2D eigenvalue weighted by molar-refractivity contribution is 5.97. The summed E-state index contributed by atoms with van der Waals surface area (Å²) in [5, 5.41) is 0. The number of hydrogen-bond acceptors (Lipinski definition) is 16. The molecule has 16 nitrogen and oxygen atoms in total. The molecule has 16 atom stereocenters. The molecule has 10 bridgehead atoms. The topological polar surface area (TPSA) is 210 Å². The maximum absolute atomic E-state index is 16.6. The van der Waals surface area contributed by atoms with E-state index < -0.39 is 103 Å². The zero-order valence-corrected chi connectivity index (χ0v) is 49.4. The third-order valence-corrected chi connectivity index (χ3v) is 25.0. The molecule has 4 aliphatic heterocycles. The zero-order valence-electron chi connectivity index (χ0n) is 49.4. The minimum absolute atomic E-state index is 0. The maximum Gasteiger partial charge on any atom is 0.318 e. The van der Waals surface area contributed by atoms with Crippen molar-refractivity contribution in [2.24, 2.45) is 109 Å². The van der Waals surface area contributed by atoms with Crippen LogP contribution in [0.15, 0.2) is 0 Å². The van der Waals surface area contributed by atoms with Crippen LogP contribution in [0.5, 0.6) is 0 Å². The lowest BCUT2D eigenvalue weighted by Crippen LogP contribution is -2.67. The van der Waals surface area contributed by atoms with Gasteiger partial charge in [0.15, 0.2) is 0 Å². The minimum atomic E-state index is -1.66. The molecule has 0 amide bonds. The van der Waals surface area contributed by atoms with Crippen LogP contribution < -0.4 is 0 Å². The Hall–Kier alpha value is -3.92. The monoisotopic (exact) mass is 1240 g/mol. The van der Waals surface area contributed by atoms with Crippen LogP contribution >= 0.6 is 0 Å². The predicted octanol–water partition coefficient (Wildman–Crippen LogP) is 15.1. The number of rotatable bonds is 16. The number of esters is 7. The van der Waals surface area contributed by atoms with Gasteiger partial charge in [0.05, 0.1) is 59.2 Å². The average molecular weight is 1240 g/mol. The Morgan fingerprint density at radius 1 is 0.545 bits per heavy atom. The van der Waals surface area contributed by atoms with Crippen molar-refractivity contribution in [2.75, 3.05) is 19.8 Å². The molecule has 16 heteroatoms. The summed E-state index contributed by atoms with van der Waals surface area (Å²) in [5.41, 5.74) is -10.6. The number of hydrogen-bond donors (Lipinski definition) is 0. The van der Waals surface area contributed by atoms with Gasteiger partial charge in [-0.3, -0.25) is 38.4 Å². The molecule has 10 aliphatic carbocycles. The first-order chi connectivity index (χ1) is 37.5. The van der Waals surface area contributed by atoms with E-state index in [0.29, 0.717) is 77.6 Å². The van der Waals surface area contributed by atoms with Gasteiger partial charge in [0.25, 0.3) is 0 Å². The number of ketones is 1. The number of cyclic esters (lactones) is 3. The third kappa shape index (κ3) is 11.9. The summed E-state index contributed by atoms with van der Waals surface area (Å²) < 4.78 is 49.7. The van der Waals surface area contributed by atoms with Crippen LogP contribution in [0.4, 0.5) is 0 Å². The summed E-state index contributed by atoms with van der Waals surface area (Å²) in [5.74, 6) is -4.83. The van der Waals surface area contributed by atoms with Crippen molar-refractivity contribution >= 4 is 47.6 Å². The van der Waals surface area contributed by atoms with E-state index in [4.69, 9.17) is 37.9 Å². The lowest BCUT2D eigenvalue weighted by molar-refractivity contribution is -0.257. The molecule has 14 fully saturated rings. The van der Waals surface area contributed by atoms with Crippen molar-refractivity contribution in [2.45, 2.75) is 281 Å². The molecule has 0 N–H and O–H groups in total. The molecule has 0 aromatic carbocycles. The molecule has 4 saturated heterocycles. The van der Waals surface area contributed by atoms with Gasteiger partial charge in [0, 0.05) is 43.4 Å². The van der Waals surface area contributed by atoms with Gasteiger partial charge in [-0.25, -0.2) is 0 Å². The SMILES string of the molecule is C.C.C.C.C.C.C.C.CC1C(=O)OC(=O)C1C(C)(C)C(C)(CC(C)(C)C(C)(CC(C)(C)C1C(C)C2CC1C1COC(=O)C21)C(=O)OC12CC3CC(C1)C(=O)C(C3)C2)C(=O)OC12CC3CC(C(=O)OC4CCCCO4)(C1)CC(C(=O)OC1CCCCO1)(C3)C2. The van der Waals surface area contributed by atoms with Gasteiger partial charge < -0.3 is 37.9 Å². The van der Waals surface area contributed by atoms with Crippen molar-refractivity contribution in [3.8, 4) is 0 Å². The predicted molar refractivity (Wildman–Crippen MR) is 338 cm³/mol. The fraction of sp³-hybridized carbons (Fsp3) is 0.889. The first kappa shape index (κ1) is 76.5. The van der Waals surface area contributed by atoms with Gasteiger partial charge in [-0.15, -0.1) is 0 Å². The highest BCUT2D eigenvalue weighted by Gasteiger charge is 2.73. The Bertz CT molecular complexity index is 2540. The van der Waals surface area contributed by atoms with Crippen molar-refractivity contribution in [1.29, 1.82) is 0 Å². The lowest BCUT2D eigenvalue weighted by Gasteiger charge is -2.64. The summed E-state index contributed by atoms with van der Waals surface area (Å²) in [6, 6.07) is 0. The molecule has 0 aromatic heterocycles. The van der Waals surface area contributed by atoms with Crippen LogP contribution in [0.1, 0.15) is 257 Å². The van der Waals surface area contributed by atoms with E-state index in [1.807, 2.05) is 34.6 Å². The molecule has 0 spiro atoms. The van der Waals surface area contributed by atoms with E-state index in [0.717, 1.165) is 44.9 Å². The van der Waals surface area contributed by atoms with Crippen LogP contribution in [-0.4, -0.2) is 91.2 Å². The molecule has 16 unspecified atom stereocenters. The highest BCUT2D eigenvalue weighted by atomic mass is 16.7. The van der Waals surface area contributed by atoms with Crippen LogP contribution in [-0.2, 0) is 76.3 Å². The summed E-state index contributed by atoms with van der Waals surface area (Å²) in [4.78, 5) is 117. The Morgan fingerprint density at radius 2 is 1.06 bits per heavy atom. The van der Waals surface area contributed by atoms with Gasteiger partial charge in [-0.1, -0.05) is 115 Å². The van der Waals surface area contributed by atoms with Crippen LogP contribution in [0.25, 0.3) is 0 Å². The molecule has 0 radical (unpaired) electrons. The Kier molecular flexibility index (Phi) is 22.5. The molecule has 506 valence electrons. The first-order valence-corrected chi connectivity index (χ1v) is 31.1. The Balaban J connectivity index is 0.00000207. The molecule has 4 heterocycles. The summed E-state index contributed by atoms with van der Waals surface area (Å²) >= 11 is 0. The second-order valence-corrected chi connectivity index (χ2v) is 31.2. The molecular formula is C72H122O16. The van der Waals surface area contributed by atoms with Crippen molar-refractivity contribution in [1.82, 2.24) is 0 Å². The molecule has 0 aromatic rings. The molecule has 14 rings (SSSR count). The largest absolute Gasteiger partial charge is 0.465 e. The van der Waals surface area contributed by atoms with Crippen molar-refractivity contribution in [3.05, 3.63) is 0 Å². The van der Waals surface area contributed by atoms with E-state index in [2.05, 4.69) is 20.8 Å². The van der Waals surface area contributed by atoms with Gasteiger partial charge in [0.2, 0.25) is 12.6 Å². The third-order valence-electron chi connectivity index (χ3n) is 25.0. The first-order valence-electron chi connectivity index (χ1n) is 31.1. The Labute approximate surface area is 531 Å². The molecular weight excluding hydrogens is 1120 g/mol. The maximum atomic E-state index is 16.6. The van der Waals surface area contributed by atoms with Gasteiger partial charge >= 0.3 is 41.8 Å². The lowest BCUT2D eigenvalue weighted by atomic mass is 9.42. The number of ether oxygens (including phenoxy) is 8. The number of Topliss-reactive ketones (excluding diaryl/α,β-unsaturated/α-hetero) is 1. The highest BCUT2D eigenvalue weighted by Crippen LogP contribution is 2.71. The molecule has 14 aliphatic rings. The average Bonchev–Trinajstić information content (AvgIpc) is 1.34. The summed E-state index contributed by atoms with van der Waals surface area (Å²) in [6.07, 6.45) is 9.24. The fourth-order valence-electron chi connectivity index (χ4n) is 21.5. The number of carbonyl (C=O) groups is 8. The van der Waals surface area contributed by atoms with Gasteiger partial charge in [-0.05, 0) is 168 Å². The summed E-state index contributed by atoms with van der Waals surface area (Å²) in [6.45, 7) is 21.2. The summed E-state index contributed by atoms with van der Waals surface area (Å²) in [7, 11) is 0. The van der Waals surface area contributed by atoms with E-state index in [1.165, 1.54) is 0 Å². The smallest absolute Gasteiger partial charge is 0.318 e.